The first-order chi connectivity index (χ1) is 11.6. The molecule has 2 aromatic carbocycles. The lowest BCUT2D eigenvalue weighted by atomic mass is 10.1. The van der Waals surface area contributed by atoms with E-state index in [1.54, 1.807) is 19.1 Å². The Labute approximate surface area is 142 Å². The molecule has 4 heteroatoms. The van der Waals surface area contributed by atoms with E-state index >= 15 is 0 Å². The number of phenolic OH excluding ortho intramolecular Hbond substituents is 1. The number of carbonyl (C=O) groups excluding carboxylic acids is 1. The summed E-state index contributed by atoms with van der Waals surface area (Å²) in [7, 11) is 0. The molecule has 0 aliphatic heterocycles. The van der Waals surface area contributed by atoms with Gasteiger partial charge in [0.15, 0.2) is 0 Å². The van der Waals surface area contributed by atoms with Crippen molar-refractivity contribution in [1.82, 2.24) is 5.32 Å². The van der Waals surface area contributed by atoms with E-state index in [-0.39, 0.29) is 11.3 Å². The second-order valence-electron chi connectivity index (χ2n) is 5.56. The number of nitrogens with one attached hydrogen (secondary N) is 1. The molecule has 24 heavy (non-hydrogen) atoms. The summed E-state index contributed by atoms with van der Waals surface area (Å²) >= 11 is 0. The van der Waals surface area contributed by atoms with E-state index in [1.165, 1.54) is 17.7 Å². The Morgan fingerprint density at radius 1 is 1.25 bits per heavy atom. The summed E-state index contributed by atoms with van der Waals surface area (Å²) in [6.07, 6.45) is 3.16. The highest BCUT2D eigenvalue weighted by Gasteiger charge is 2.08. The lowest BCUT2D eigenvalue weighted by molar-refractivity contribution is -0.117. The first-order valence-corrected chi connectivity index (χ1v) is 7.83. The van der Waals surface area contributed by atoms with Gasteiger partial charge in [0.1, 0.15) is 17.4 Å². The van der Waals surface area contributed by atoms with Crippen molar-refractivity contribution in [2.24, 2.45) is 0 Å². The van der Waals surface area contributed by atoms with Gasteiger partial charge in [0, 0.05) is 6.54 Å². The van der Waals surface area contributed by atoms with Gasteiger partial charge in [-0.1, -0.05) is 42.5 Å². The van der Waals surface area contributed by atoms with Crippen molar-refractivity contribution in [3.8, 4) is 11.8 Å². The highest BCUT2D eigenvalue weighted by molar-refractivity contribution is 6.01. The fourth-order valence-corrected chi connectivity index (χ4v) is 2.27. The maximum Gasteiger partial charge on any atom is 0.261 e. The van der Waals surface area contributed by atoms with Crippen molar-refractivity contribution in [3.63, 3.8) is 0 Å². The Hall–Kier alpha value is -3.06. The molecule has 0 saturated carbocycles. The third kappa shape index (κ3) is 4.99. The summed E-state index contributed by atoms with van der Waals surface area (Å²) in [6.45, 7) is 2.29. The monoisotopic (exact) mass is 320 g/mol. The molecule has 4 nitrogen and oxygen atoms in total. The van der Waals surface area contributed by atoms with Crippen molar-refractivity contribution in [3.05, 3.63) is 70.8 Å². The number of hydrogen-bond donors (Lipinski definition) is 2. The third-order valence-corrected chi connectivity index (χ3v) is 3.68. The van der Waals surface area contributed by atoms with E-state index in [4.69, 9.17) is 0 Å². The molecule has 0 unspecified atom stereocenters. The molecule has 0 aliphatic rings. The van der Waals surface area contributed by atoms with E-state index in [1.807, 2.05) is 36.4 Å². The summed E-state index contributed by atoms with van der Waals surface area (Å²) < 4.78 is 0. The zero-order valence-electron chi connectivity index (χ0n) is 13.6. The topological polar surface area (TPSA) is 73.1 Å². The quantitative estimate of drug-likeness (QED) is 0.487. The van der Waals surface area contributed by atoms with Gasteiger partial charge in [0.25, 0.3) is 5.91 Å². The Balaban J connectivity index is 1.90. The van der Waals surface area contributed by atoms with E-state index in [0.29, 0.717) is 12.1 Å². The van der Waals surface area contributed by atoms with Gasteiger partial charge < -0.3 is 10.4 Å². The minimum absolute atomic E-state index is 0.0259. The maximum atomic E-state index is 12.1. The number of carbonyl (C=O) groups is 1. The maximum absolute atomic E-state index is 12.1. The number of amides is 1. The first kappa shape index (κ1) is 17.3. The van der Waals surface area contributed by atoms with Crippen LogP contribution in [0.1, 0.15) is 23.1 Å². The van der Waals surface area contributed by atoms with Crippen LogP contribution in [0.5, 0.6) is 5.75 Å². The van der Waals surface area contributed by atoms with E-state index in [2.05, 4.69) is 5.32 Å². The van der Waals surface area contributed by atoms with Crippen LogP contribution in [0.2, 0.25) is 0 Å². The molecule has 0 atom stereocenters. The van der Waals surface area contributed by atoms with Crippen molar-refractivity contribution in [1.29, 1.82) is 5.26 Å². The Kier molecular flexibility index (Phi) is 6.16. The van der Waals surface area contributed by atoms with Crippen LogP contribution in [-0.2, 0) is 11.2 Å². The molecular weight excluding hydrogens is 300 g/mol. The number of phenols is 1. The number of nitrogens with zero attached hydrogens (tertiary/aromatic N) is 1. The molecule has 122 valence electrons. The Morgan fingerprint density at radius 2 is 2.00 bits per heavy atom. The molecule has 2 N–H and O–H groups in total. The molecule has 0 radical (unpaired) electrons. The van der Waals surface area contributed by atoms with Gasteiger partial charge in [-0.25, -0.2) is 0 Å². The van der Waals surface area contributed by atoms with E-state index < -0.39 is 5.91 Å². The highest BCUT2D eigenvalue weighted by Crippen LogP contribution is 2.19. The summed E-state index contributed by atoms with van der Waals surface area (Å²) in [5, 5.41) is 21.6. The third-order valence-electron chi connectivity index (χ3n) is 3.68. The van der Waals surface area contributed by atoms with Crippen molar-refractivity contribution in [2.45, 2.75) is 19.8 Å². The normalized spacial score (nSPS) is 10.9. The molecule has 0 spiro atoms. The average Bonchev–Trinajstić information content (AvgIpc) is 2.60. The summed E-state index contributed by atoms with van der Waals surface area (Å²) in [5.41, 5.74) is 2.61. The van der Waals surface area contributed by atoms with Crippen LogP contribution in [0.25, 0.3) is 6.08 Å². The Morgan fingerprint density at radius 3 is 2.67 bits per heavy atom. The average molecular weight is 320 g/mol. The summed E-state index contributed by atoms with van der Waals surface area (Å²) in [5.74, 6) is -0.255. The van der Waals surface area contributed by atoms with Gasteiger partial charge in [-0.2, -0.15) is 5.26 Å². The zero-order chi connectivity index (χ0) is 17.4. The second kappa shape index (κ2) is 8.54. The van der Waals surface area contributed by atoms with Gasteiger partial charge in [0.05, 0.1) is 0 Å². The molecule has 1 amide bonds. The lowest BCUT2D eigenvalue weighted by Crippen LogP contribution is -2.25. The number of rotatable bonds is 6. The zero-order valence-corrected chi connectivity index (χ0v) is 13.6. The van der Waals surface area contributed by atoms with Gasteiger partial charge in [-0.15, -0.1) is 0 Å². The Bertz CT molecular complexity index is 774. The molecule has 0 fully saturated rings. The van der Waals surface area contributed by atoms with Crippen LogP contribution in [0.3, 0.4) is 0 Å². The van der Waals surface area contributed by atoms with E-state index in [0.717, 1.165) is 18.4 Å². The predicted octanol–water partition coefficient (Wildman–Crippen LogP) is 3.36. The van der Waals surface area contributed by atoms with Crippen LogP contribution in [0.15, 0.2) is 54.1 Å². The van der Waals surface area contributed by atoms with Crippen LogP contribution < -0.4 is 5.32 Å². The smallest absolute Gasteiger partial charge is 0.261 e. The first-order valence-electron chi connectivity index (χ1n) is 7.83. The predicted molar refractivity (Wildman–Crippen MR) is 94.2 cm³/mol. The second-order valence-corrected chi connectivity index (χ2v) is 5.56. The molecule has 0 bridgehead atoms. The minimum atomic E-state index is -0.398. The lowest BCUT2D eigenvalue weighted by Gasteiger charge is -2.05. The minimum Gasteiger partial charge on any atom is -0.508 e. The van der Waals surface area contributed by atoms with Gasteiger partial charge >= 0.3 is 0 Å². The summed E-state index contributed by atoms with van der Waals surface area (Å²) in [6, 6.07) is 17.0. The van der Waals surface area contributed by atoms with Crippen LogP contribution in [0, 0.1) is 18.3 Å². The molecule has 0 saturated heterocycles. The van der Waals surface area contributed by atoms with Crippen LogP contribution >= 0.6 is 0 Å². The van der Waals surface area contributed by atoms with Gasteiger partial charge in [-0.05, 0) is 48.6 Å². The summed E-state index contributed by atoms with van der Waals surface area (Å²) in [4.78, 5) is 12.1. The molecule has 0 aromatic heterocycles. The van der Waals surface area contributed by atoms with Crippen LogP contribution in [-0.4, -0.2) is 17.6 Å². The van der Waals surface area contributed by atoms with Crippen molar-refractivity contribution < 1.29 is 9.90 Å². The fraction of sp³-hybridized carbons (Fsp3) is 0.200. The molecule has 0 aliphatic carbocycles. The largest absolute Gasteiger partial charge is 0.508 e. The molecule has 2 rings (SSSR count). The number of benzene rings is 2. The van der Waals surface area contributed by atoms with Crippen LogP contribution in [0.4, 0.5) is 0 Å². The SMILES string of the molecule is Cc1ccc(/C=C(\C#N)C(=O)NCCCc2ccccc2)cc1O. The number of hydrogen-bond acceptors (Lipinski definition) is 3. The van der Waals surface area contributed by atoms with E-state index in [9.17, 15) is 15.2 Å². The molecule has 0 heterocycles. The fourth-order valence-electron chi connectivity index (χ4n) is 2.27. The van der Waals surface area contributed by atoms with Crippen molar-refractivity contribution in [2.75, 3.05) is 6.54 Å². The molecule has 2 aromatic rings. The standard InChI is InChI=1S/C20H20N2O2/c1-15-9-10-17(13-19(15)23)12-18(14-21)20(24)22-11-5-8-16-6-3-2-4-7-16/h2-4,6-7,9-10,12-13,23H,5,8,11H2,1H3,(H,22,24)/b18-12+. The number of aromatic hydroxyl groups is 1. The van der Waals surface area contributed by atoms with Crippen molar-refractivity contribution >= 4 is 12.0 Å². The van der Waals surface area contributed by atoms with Gasteiger partial charge in [0.2, 0.25) is 0 Å². The number of aryl methyl sites for hydroxylation is 2. The number of nitriles is 1. The highest BCUT2D eigenvalue weighted by atomic mass is 16.3. The molecular formula is C20H20N2O2. The van der Waals surface area contributed by atoms with Gasteiger partial charge in [-0.3, -0.25) is 4.79 Å².